The van der Waals surface area contributed by atoms with E-state index < -0.39 is 0 Å². The van der Waals surface area contributed by atoms with Crippen molar-refractivity contribution in [2.45, 2.75) is 57.8 Å². The predicted octanol–water partition coefficient (Wildman–Crippen LogP) is 2.08. The van der Waals surface area contributed by atoms with Crippen molar-refractivity contribution in [2.24, 2.45) is 0 Å². The first-order valence-electron chi connectivity index (χ1n) is 6.16. The maximum atomic E-state index is 8.48. The predicted molar refractivity (Wildman–Crippen MR) is 62.9 cm³/mol. The van der Waals surface area contributed by atoms with Crippen LogP contribution in [0.15, 0.2) is 0 Å². The highest BCUT2D eigenvalue weighted by Crippen LogP contribution is 2.17. The van der Waals surface area contributed by atoms with E-state index in [4.69, 9.17) is 14.6 Å². The number of rotatable bonds is 5. The molecule has 1 fully saturated rings. The molecule has 1 N–H and O–H groups in total. The second-order valence-electron chi connectivity index (χ2n) is 4.15. The summed E-state index contributed by atoms with van der Waals surface area (Å²) in [7, 11) is 0. The maximum absolute atomic E-state index is 8.48. The SMILES string of the molecule is CC(CCCC#CCO)OC1CCCCO1. The van der Waals surface area contributed by atoms with Crippen molar-refractivity contribution < 1.29 is 14.6 Å². The van der Waals surface area contributed by atoms with Gasteiger partial charge in [-0.1, -0.05) is 5.92 Å². The summed E-state index contributed by atoms with van der Waals surface area (Å²) in [5.41, 5.74) is 0. The topological polar surface area (TPSA) is 38.7 Å². The number of hydrogen-bond donors (Lipinski definition) is 1. The van der Waals surface area contributed by atoms with Crippen LogP contribution in [0.1, 0.15) is 45.4 Å². The van der Waals surface area contributed by atoms with Crippen molar-refractivity contribution in [1.82, 2.24) is 0 Å². The molecule has 0 radical (unpaired) electrons. The van der Waals surface area contributed by atoms with E-state index in [0.717, 1.165) is 38.7 Å². The van der Waals surface area contributed by atoms with Crippen LogP contribution in [0, 0.1) is 11.8 Å². The molecule has 1 aliphatic heterocycles. The first-order chi connectivity index (χ1) is 7.83. The summed E-state index contributed by atoms with van der Waals surface area (Å²) in [4.78, 5) is 0. The molecule has 3 nitrogen and oxygen atoms in total. The Balaban J connectivity index is 2.03. The fourth-order valence-corrected chi connectivity index (χ4v) is 1.77. The van der Waals surface area contributed by atoms with Crippen LogP contribution in [0.3, 0.4) is 0 Å². The third kappa shape index (κ3) is 6.12. The number of hydrogen-bond acceptors (Lipinski definition) is 3. The van der Waals surface area contributed by atoms with Gasteiger partial charge in [-0.05, 0) is 39.0 Å². The van der Waals surface area contributed by atoms with Crippen molar-refractivity contribution in [3.63, 3.8) is 0 Å². The molecule has 0 aromatic rings. The smallest absolute Gasteiger partial charge is 0.157 e. The van der Waals surface area contributed by atoms with Crippen LogP contribution in [-0.4, -0.2) is 30.7 Å². The maximum Gasteiger partial charge on any atom is 0.157 e. The molecule has 0 spiro atoms. The number of unbranched alkanes of at least 4 members (excludes halogenated alkanes) is 1. The van der Waals surface area contributed by atoms with Crippen molar-refractivity contribution in [2.75, 3.05) is 13.2 Å². The van der Waals surface area contributed by atoms with Gasteiger partial charge in [-0.3, -0.25) is 0 Å². The first kappa shape index (κ1) is 13.5. The van der Waals surface area contributed by atoms with E-state index in [1.807, 2.05) is 0 Å². The molecular formula is C13H22O3. The zero-order chi connectivity index (χ0) is 11.6. The molecule has 0 bridgehead atoms. The first-order valence-corrected chi connectivity index (χ1v) is 6.16. The van der Waals surface area contributed by atoms with Gasteiger partial charge in [0.2, 0.25) is 0 Å². The van der Waals surface area contributed by atoms with E-state index in [0.29, 0.717) is 0 Å². The Morgan fingerprint density at radius 1 is 1.44 bits per heavy atom. The lowest BCUT2D eigenvalue weighted by Crippen LogP contribution is -2.26. The fraction of sp³-hybridized carbons (Fsp3) is 0.846. The van der Waals surface area contributed by atoms with Gasteiger partial charge in [-0.25, -0.2) is 0 Å². The molecule has 3 heteroatoms. The lowest BCUT2D eigenvalue weighted by Gasteiger charge is -2.25. The Morgan fingerprint density at radius 2 is 2.31 bits per heavy atom. The molecule has 0 saturated carbocycles. The summed E-state index contributed by atoms with van der Waals surface area (Å²) >= 11 is 0. The highest BCUT2D eigenvalue weighted by atomic mass is 16.7. The summed E-state index contributed by atoms with van der Waals surface area (Å²) in [6.07, 6.45) is 6.48. The Labute approximate surface area is 98.1 Å². The normalized spacial score (nSPS) is 22.2. The zero-order valence-electron chi connectivity index (χ0n) is 10.1. The molecule has 2 unspecified atom stereocenters. The highest BCUT2D eigenvalue weighted by Gasteiger charge is 2.16. The van der Waals surface area contributed by atoms with Crippen molar-refractivity contribution in [3.8, 4) is 11.8 Å². The molecular weight excluding hydrogens is 204 g/mol. The van der Waals surface area contributed by atoms with Gasteiger partial charge in [-0.2, -0.15) is 0 Å². The minimum absolute atomic E-state index is 0.00674. The minimum atomic E-state index is -0.0397. The van der Waals surface area contributed by atoms with Gasteiger partial charge in [0.05, 0.1) is 6.10 Å². The number of aliphatic hydroxyl groups is 1. The van der Waals surface area contributed by atoms with Crippen LogP contribution in [-0.2, 0) is 9.47 Å². The van der Waals surface area contributed by atoms with Crippen LogP contribution in [0.25, 0.3) is 0 Å². The number of aliphatic hydroxyl groups excluding tert-OH is 1. The van der Waals surface area contributed by atoms with Crippen LogP contribution in [0.5, 0.6) is 0 Å². The van der Waals surface area contributed by atoms with Gasteiger partial charge in [0, 0.05) is 13.0 Å². The Hall–Kier alpha value is -0.560. The summed E-state index contributed by atoms with van der Waals surface area (Å²) in [5.74, 6) is 5.55. The Kier molecular flexibility index (Phi) is 7.24. The van der Waals surface area contributed by atoms with E-state index in [1.54, 1.807) is 0 Å². The zero-order valence-corrected chi connectivity index (χ0v) is 10.1. The quantitative estimate of drug-likeness (QED) is 0.576. The summed E-state index contributed by atoms with van der Waals surface area (Å²) < 4.78 is 11.3. The number of ether oxygens (including phenoxy) is 2. The second kappa shape index (κ2) is 8.58. The minimum Gasteiger partial charge on any atom is -0.384 e. The van der Waals surface area contributed by atoms with Crippen molar-refractivity contribution in [1.29, 1.82) is 0 Å². The van der Waals surface area contributed by atoms with Gasteiger partial charge in [0.15, 0.2) is 6.29 Å². The molecule has 16 heavy (non-hydrogen) atoms. The van der Waals surface area contributed by atoms with E-state index >= 15 is 0 Å². The van der Waals surface area contributed by atoms with Gasteiger partial charge in [0.1, 0.15) is 6.61 Å². The van der Waals surface area contributed by atoms with Crippen molar-refractivity contribution in [3.05, 3.63) is 0 Å². The van der Waals surface area contributed by atoms with Crippen LogP contribution < -0.4 is 0 Å². The molecule has 1 saturated heterocycles. The second-order valence-corrected chi connectivity index (χ2v) is 4.15. The van der Waals surface area contributed by atoms with Gasteiger partial charge in [-0.15, -0.1) is 5.92 Å². The third-order valence-electron chi connectivity index (χ3n) is 2.64. The van der Waals surface area contributed by atoms with E-state index in [2.05, 4.69) is 18.8 Å². The largest absolute Gasteiger partial charge is 0.384 e. The van der Waals surface area contributed by atoms with E-state index in [9.17, 15) is 0 Å². The fourth-order valence-electron chi connectivity index (χ4n) is 1.77. The van der Waals surface area contributed by atoms with E-state index in [1.165, 1.54) is 6.42 Å². The standard InChI is InChI=1S/C13H22O3/c1-12(8-4-2-3-6-10-14)16-13-9-5-7-11-15-13/h12-14H,2,4-5,7-11H2,1H3. The lowest BCUT2D eigenvalue weighted by molar-refractivity contribution is -0.185. The van der Waals surface area contributed by atoms with E-state index in [-0.39, 0.29) is 19.0 Å². The summed E-state index contributed by atoms with van der Waals surface area (Å²) in [5, 5.41) is 8.48. The molecule has 2 atom stereocenters. The molecule has 0 aromatic carbocycles. The molecule has 0 amide bonds. The summed E-state index contributed by atoms with van der Waals surface area (Å²) in [6.45, 7) is 2.87. The van der Waals surface area contributed by atoms with Crippen LogP contribution in [0.4, 0.5) is 0 Å². The molecule has 0 aromatic heterocycles. The lowest BCUT2D eigenvalue weighted by atomic mass is 10.1. The van der Waals surface area contributed by atoms with Gasteiger partial charge in [0.25, 0.3) is 0 Å². The van der Waals surface area contributed by atoms with Crippen LogP contribution in [0.2, 0.25) is 0 Å². The molecule has 1 aliphatic rings. The Bertz CT molecular complexity index is 223. The third-order valence-corrected chi connectivity index (χ3v) is 2.64. The van der Waals surface area contributed by atoms with Gasteiger partial charge < -0.3 is 14.6 Å². The van der Waals surface area contributed by atoms with Crippen molar-refractivity contribution >= 4 is 0 Å². The Morgan fingerprint density at radius 3 is 3.00 bits per heavy atom. The highest BCUT2D eigenvalue weighted by molar-refractivity contribution is 4.98. The van der Waals surface area contributed by atoms with Crippen LogP contribution >= 0.6 is 0 Å². The van der Waals surface area contributed by atoms with Gasteiger partial charge >= 0.3 is 0 Å². The molecule has 0 aliphatic carbocycles. The summed E-state index contributed by atoms with van der Waals surface area (Å²) in [6, 6.07) is 0. The molecule has 1 heterocycles. The monoisotopic (exact) mass is 226 g/mol. The molecule has 1 rings (SSSR count). The average molecular weight is 226 g/mol. The molecule has 92 valence electrons. The average Bonchev–Trinajstić information content (AvgIpc) is 2.30.